The zero-order valence-corrected chi connectivity index (χ0v) is 12.6. The largest absolute Gasteiger partial charge is 0.374 e. The van der Waals surface area contributed by atoms with Gasteiger partial charge in [0.25, 0.3) is 0 Å². The monoisotopic (exact) mass is 276 g/mol. The van der Waals surface area contributed by atoms with Crippen LogP contribution in [0.25, 0.3) is 0 Å². The first kappa shape index (κ1) is 13.3. The number of fused-ring (bicyclic) bond motifs is 1. The Kier molecular flexibility index (Phi) is 4.34. The highest BCUT2D eigenvalue weighted by Crippen LogP contribution is 2.27. The van der Waals surface area contributed by atoms with E-state index in [1.807, 2.05) is 0 Å². The molecule has 1 fully saturated rings. The number of aryl methyl sites for hydroxylation is 1. The van der Waals surface area contributed by atoms with Crippen molar-refractivity contribution < 1.29 is 0 Å². The minimum Gasteiger partial charge on any atom is -0.374 e. The molecule has 2 heterocycles. The Morgan fingerprint density at radius 1 is 1.37 bits per heavy atom. The van der Waals surface area contributed by atoms with Crippen molar-refractivity contribution in [2.24, 2.45) is 0 Å². The molecule has 1 aromatic rings. The molecule has 104 valence electrons. The lowest BCUT2D eigenvalue weighted by atomic mass is 9.99. The number of hydrogen-bond donors (Lipinski definition) is 1. The second-order valence-corrected chi connectivity index (χ2v) is 6.93. The minimum atomic E-state index is 0.720. The Bertz CT molecular complexity index is 427. The lowest BCUT2D eigenvalue weighted by Crippen LogP contribution is -2.33. The van der Waals surface area contributed by atoms with Gasteiger partial charge in [0.1, 0.15) is 0 Å². The first-order valence-corrected chi connectivity index (χ1v) is 8.62. The number of hydrogen-bond acceptors (Lipinski definition) is 3. The van der Waals surface area contributed by atoms with Crippen LogP contribution in [0, 0.1) is 0 Å². The lowest BCUT2D eigenvalue weighted by molar-refractivity contribution is 0.507. The second-order valence-electron chi connectivity index (χ2n) is 5.78. The molecule has 2 aliphatic rings. The number of thioether (sulfide) groups is 1. The van der Waals surface area contributed by atoms with Gasteiger partial charge in [-0.1, -0.05) is 12.1 Å². The summed E-state index contributed by atoms with van der Waals surface area (Å²) in [5.74, 6) is 2.64. The number of benzene rings is 1. The lowest BCUT2D eigenvalue weighted by Gasteiger charge is -2.28. The summed E-state index contributed by atoms with van der Waals surface area (Å²) in [6.45, 7) is 2.23. The summed E-state index contributed by atoms with van der Waals surface area (Å²) < 4.78 is 0. The second kappa shape index (κ2) is 6.19. The molecule has 0 aromatic heterocycles. The molecule has 19 heavy (non-hydrogen) atoms. The Morgan fingerprint density at radius 3 is 3.16 bits per heavy atom. The van der Waals surface area contributed by atoms with Crippen molar-refractivity contribution >= 4 is 17.4 Å². The molecular weight excluding hydrogens is 252 g/mol. The van der Waals surface area contributed by atoms with Crippen LogP contribution in [-0.2, 0) is 13.0 Å². The normalized spacial score (nSPS) is 23.2. The van der Waals surface area contributed by atoms with Gasteiger partial charge in [-0.15, -0.1) is 0 Å². The van der Waals surface area contributed by atoms with E-state index in [9.17, 15) is 0 Å². The van der Waals surface area contributed by atoms with Crippen LogP contribution in [0.4, 0.5) is 5.69 Å². The fraction of sp³-hybridized carbons (Fsp3) is 0.625. The predicted octanol–water partition coefficient (Wildman–Crippen LogP) is 3.05. The average Bonchev–Trinajstić information content (AvgIpc) is 2.46. The van der Waals surface area contributed by atoms with Gasteiger partial charge in [0, 0.05) is 37.6 Å². The van der Waals surface area contributed by atoms with E-state index < -0.39 is 0 Å². The Morgan fingerprint density at radius 2 is 2.32 bits per heavy atom. The molecule has 1 N–H and O–H groups in total. The molecule has 1 aromatic carbocycles. The van der Waals surface area contributed by atoms with E-state index in [1.165, 1.54) is 60.5 Å². The fourth-order valence-corrected chi connectivity index (χ4v) is 4.22. The molecule has 0 amide bonds. The van der Waals surface area contributed by atoms with Crippen LogP contribution in [0.3, 0.4) is 0 Å². The number of nitrogens with zero attached hydrogens (tertiary/aromatic N) is 1. The van der Waals surface area contributed by atoms with E-state index in [-0.39, 0.29) is 0 Å². The SMILES string of the molecule is CN1CCCc2cc(CNC3CCCSC3)ccc21. The maximum absolute atomic E-state index is 3.72. The summed E-state index contributed by atoms with van der Waals surface area (Å²) in [6, 6.07) is 7.73. The van der Waals surface area contributed by atoms with Crippen molar-refractivity contribution in [3.05, 3.63) is 29.3 Å². The van der Waals surface area contributed by atoms with Gasteiger partial charge in [0.05, 0.1) is 0 Å². The van der Waals surface area contributed by atoms with Gasteiger partial charge in [-0.25, -0.2) is 0 Å². The minimum absolute atomic E-state index is 0.720. The quantitative estimate of drug-likeness (QED) is 0.913. The molecule has 2 aliphatic heterocycles. The van der Waals surface area contributed by atoms with Crippen LogP contribution in [0.2, 0.25) is 0 Å². The molecular formula is C16H24N2S. The summed E-state index contributed by atoms with van der Waals surface area (Å²) in [5.41, 5.74) is 4.42. The highest BCUT2D eigenvalue weighted by Gasteiger charge is 2.15. The zero-order valence-electron chi connectivity index (χ0n) is 11.8. The Labute approximate surface area is 121 Å². The molecule has 0 spiro atoms. The third-order valence-electron chi connectivity index (χ3n) is 4.25. The van der Waals surface area contributed by atoms with Crippen LogP contribution in [-0.4, -0.2) is 31.1 Å². The van der Waals surface area contributed by atoms with Gasteiger partial charge in [0.2, 0.25) is 0 Å². The van der Waals surface area contributed by atoms with E-state index >= 15 is 0 Å². The van der Waals surface area contributed by atoms with Crippen LogP contribution in [0.5, 0.6) is 0 Å². The van der Waals surface area contributed by atoms with Crippen LogP contribution in [0.1, 0.15) is 30.4 Å². The third-order valence-corrected chi connectivity index (χ3v) is 5.47. The van der Waals surface area contributed by atoms with Crippen molar-refractivity contribution in [1.29, 1.82) is 0 Å². The van der Waals surface area contributed by atoms with E-state index in [2.05, 4.69) is 47.2 Å². The Hall–Kier alpha value is -0.670. The van der Waals surface area contributed by atoms with E-state index in [1.54, 1.807) is 0 Å². The predicted molar refractivity (Wildman–Crippen MR) is 85.2 cm³/mol. The van der Waals surface area contributed by atoms with Gasteiger partial charge in [-0.2, -0.15) is 11.8 Å². The molecule has 1 atom stereocenters. The van der Waals surface area contributed by atoms with E-state index in [4.69, 9.17) is 0 Å². The summed E-state index contributed by atoms with van der Waals surface area (Å²) in [4.78, 5) is 2.38. The molecule has 0 radical (unpaired) electrons. The number of rotatable bonds is 3. The van der Waals surface area contributed by atoms with Crippen LogP contribution < -0.4 is 10.2 Å². The molecule has 0 saturated carbocycles. The smallest absolute Gasteiger partial charge is 0.0396 e. The molecule has 2 nitrogen and oxygen atoms in total. The number of anilines is 1. The molecule has 0 aliphatic carbocycles. The highest BCUT2D eigenvalue weighted by atomic mass is 32.2. The maximum Gasteiger partial charge on any atom is 0.0396 e. The van der Waals surface area contributed by atoms with Crippen LogP contribution >= 0.6 is 11.8 Å². The van der Waals surface area contributed by atoms with Gasteiger partial charge in [0.15, 0.2) is 0 Å². The van der Waals surface area contributed by atoms with Gasteiger partial charge in [-0.3, -0.25) is 0 Å². The molecule has 1 unspecified atom stereocenters. The average molecular weight is 276 g/mol. The fourth-order valence-electron chi connectivity index (χ4n) is 3.11. The molecule has 0 bridgehead atoms. The maximum atomic E-state index is 3.72. The molecule has 3 rings (SSSR count). The molecule has 1 saturated heterocycles. The number of nitrogens with one attached hydrogen (secondary N) is 1. The van der Waals surface area contributed by atoms with E-state index in [0.717, 1.165) is 12.6 Å². The van der Waals surface area contributed by atoms with Gasteiger partial charge >= 0.3 is 0 Å². The van der Waals surface area contributed by atoms with Crippen LogP contribution in [0.15, 0.2) is 18.2 Å². The first-order valence-electron chi connectivity index (χ1n) is 7.47. The summed E-state index contributed by atoms with van der Waals surface area (Å²) in [7, 11) is 2.20. The van der Waals surface area contributed by atoms with Crippen molar-refractivity contribution in [3.8, 4) is 0 Å². The van der Waals surface area contributed by atoms with E-state index in [0.29, 0.717) is 0 Å². The topological polar surface area (TPSA) is 15.3 Å². The summed E-state index contributed by atoms with van der Waals surface area (Å²) >= 11 is 2.09. The van der Waals surface area contributed by atoms with Crippen molar-refractivity contribution in [2.75, 3.05) is 30.0 Å². The van der Waals surface area contributed by atoms with Crippen molar-refractivity contribution in [3.63, 3.8) is 0 Å². The van der Waals surface area contributed by atoms with Gasteiger partial charge in [-0.05, 0) is 48.6 Å². The third kappa shape index (κ3) is 3.26. The van der Waals surface area contributed by atoms with Gasteiger partial charge < -0.3 is 10.2 Å². The summed E-state index contributed by atoms with van der Waals surface area (Å²) in [6.07, 6.45) is 5.25. The highest BCUT2D eigenvalue weighted by molar-refractivity contribution is 7.99. The summed E-state index contributed by atoms with van der Waals surface area (Å²) in [5, 5.41) is 3.72. The Balaban J connectivity index is 1.62. The zero-order chi connectivity index (χ0) is 13.1. The van der Waals surface area contributed by atoms with Crippen molar-refractivity contribution in [2.45, 2.75) is 38.3 Å². The standard InChI is InChI=1S/C16H24N2S/c1-18-8-2-4-14-10-13(6-7-16(14)18)11-17-15-5-3-9-19-12-15/h6-7,10,15,17H,2-5,8-9,11-12H2,1H3. The van der Waals surface area contributed by atoms with Crippen molar-refractivity contribution in [1.82, 2.24) is 5.32 Å². The first-order chi connectivity index (χ1) is 9.33. The molecule has 3 heteroatoms.